The molecule has 0 radical (unpaired) electrons. The first-order valence-electron chi connectivity index (χ1n) is 4.47. The van der Waals surface area contributed by atoms with Crippen molar-refractivity contribution >= 4 is 27.3 Å². The van der Waals surface area contributed by atoms with Crippen LogP contribution in [-0.2, 0) is 6.54 Å². The summed E-state index contributed by atoms with van der Waals surface area (Å²) >= 11 is 5.24. The number of hydrogen-bond acceptors (Lipinski definition) is 3. The van der Waals surface area contributed by atoms with Crippen molar-refractivity contribution < 1.29 is 0 Å². The van der Waals surface area contributed by atoms with Crippen molar-refractivity contribution in [1.82, 2.24) is 5.32 Å². The number of rotatable bonds is 3. The number of nitrogens with one attached hydrogen (secondary N) is 1. The van der Waals surface area contributed by atoms with Crippen LogP contribution in [0.5, 0.6) is 0 Å². The average molecular weight is 261 g/mol. The van der Waals surface area contributed by atoms with Crippen molar-refractivity contribution in [3.63, 3.8) is 0 Å². The van der Waals surface area contributed by atoms with Gasteiger partial charge in [-0.2, -0.15) is 0 Å². The van der Waals surface area contributed by atoms with E-state index in [1.54, 1.807) is 11.3 Å². The summed E-state index contributed by atoms with van der Waals surface area (Å²) in [5.74, 6) is 0. The number of thiophene rings is 1. The monoisotopic (exact) mass is 260 g/mol. The van der Waals surface area contributed by atoms with Crippen LogP contribution in [0.25, 0.3) is 0 Å². The van der Waals surface area contributed by atoms with E-state index in [1.165, 1.54) is 8.66 Å². The van der Waals surface area contributed by atoms with Gasteiger partial charge in [0.25, 0.3) is 0 Å². The molecule has 0 spiro atoms. The predicted octanol–water partition coefficient (Wildman–Crippen LogP) is 2.09. The van der Waals surface area contributed by atoms with Gasteiger partial charge in [0.2, 0.25) is 0 Å². The topological polar surface area (TPSA) is 38.0 Å². The van der Waals surface area contributed by atoms with Gasteiger partial charge in [-0.05, 0) is 40.9 Å². The lowest BCUT2D eigenvalue weighted by atomic mass is 9.88. The van der Waals surface area contributed by atoms with Crippen LogP contribution in [-0.4, -0.2) is 12.1 Å². The van der Waals surface area contributed by atoms with Gasteiger partial charge in [-0.1, -0.05) is 0 Å². The van der Waals surface area contributed by atoms with Crippen molar-refractivity contribution in [2.45, 2.75) is 31.5 Å². The molecule has 0 unspecified atom stereocenters. The molecule has 13 heavy (non-hydrogen) atoms. The minimum atomic E-state index is 0.438. The quantitative estimate of drug-likeness (QED) is 0.874. The molecule has 1 aromatic heterocycles. The fraction of sp³-hybridized carbons (Fsp3) is 0.556. The Balaban J connectivity index is 1.74. The first kappa shape index (κ1) is 9.65. The normalized spacial score (nSPS) is 27.2. The largest absolute Gasteiger partial charge is 0.328 e. The highest BCUT2D eigenvalue weighted by molar-refractivity contribution is 9.11. The SMILES string of the molecule is NC1CC(NCc2ccc(Br)s2)C1. The maximum absolute atomic E-state index is 5.70. The van der Waals surface area contributed by atoms with Crippen LogP contribution in [0.15, 0.2) is 15.9 Å². The van der Waals surface area contributed by atoms with Crippen molar-refractivity contribution in [3.8, 4) is 0 Å². The van der Waals surface area contributed by atoms with Crippen molar-refractivity contribution in [3.05, 3.63) is 20.8 Å². The first-order chi connectivity index (χ1) is 6.24. The fourth-order valence-corrected chi connectivity index (χ4v) is 2.95. The van der Waals surface area contributed by atoms with Gasteiger partial charge in [0.1, 0.15) is 0 Å². The zero-order chi connectivity index (χ0) is 9.26. The van der Waals surface area contributed by atoms with Crippen molar-refractivity contribution in [2.24, 2.45) is 5.73 Å². The molecule has 0 aliphatic heterocycles. The minimum Gasteiger partial charge on any atom is -0.328 e. The van der Waals surface area contributed by atoms with Gasteiger partial charge < -0.3 is 11.1 Å². The number of halogens is 1. The third-order valence-corrected chi connectivity index (χ3v) is 3.99. The number of nitrogens with two attached hydrogens (primary N) is 1. The Morgan fingerprint density at radius 2 is 2.31 bits per heavy atom. The molecule has 0 amide bonds. The van der Waals surface area contributed by atoms with Gasteiger partial charge in [-0.15, -0.1) is 11.3 Å². The van der Waals surface area contributed by atoms with Crippen LogP contribution >= 0.6 is 27.3 Å². The maximum atomic E-state index is 5.70. The zero-order valence-corrected chi connectivity index (χ0v) is 9.70. The second-order valence-corrected chi connectivity index (χ2v) is 6.06. The lowest BCUT2D eigenvalue weighted by molar-refractivity contribution is 0.291. The Morgan fingerprint density at radius 3 is 2.85 bits per heavy atom. The van der Waals surface area contributed by atoms with Crippen LogP contribution in [0.2, 0.25) is 0 Å². The van der Waals surface area contributed by atoms with Crippen LogP contribution in [0.4, 0.5) is 0 Å². The Morgan fingerprint density at radius 1 is 1.54 bits per heavy atom. The van der Waals surface area contributed by atoms with E-state index in [1.807, 2.05) is 0 Å². The molecule has 2 rings (SSSR count). The van der Waals surface area contributed by atoms with Gasteiger partial charge in [0.05, 0.1) is 3.79 Å². The molecule has 0 saturated heterocycles. The summed E-state index contributed by atoms with van der Waals surface area (Å²) in [6.45, 7) is 0.980. The van der Waals surface area contributed by atoms with E-state index < -0.39 is 0 Å². The molecule has 72 valence electrons. The summed E-state index contributed by atoms with van der Waals surface area (Å²) in [5, 5.41) is 3.49. The van der Waals surface area contributed by atoms with Gasteiger partial charge in [0.15, 0.2) is 0 Å². The van der Waals surface area contributed by atoms with Gasteiger partial charge >= 0.3 is 0 Å². The maximum Gasteiger partial charge on any atom is 0.0701 e. The second-order valence-electron chi connectivity index (χ2n) is 3.52. The molecule has 1 heterocycles. The van der Waals surface area contributed by atoms with Crippen LogP contribution in [0, 0.1) is 0 Å². The summed E-state index contributed by atoms with van der Waals surface area (Å²) in [6, 6.07) is 5.33. The molecule has 1 fully saturated rings. The molecular weight excluding hydrogens is 248 g/mol. The van der Waals surface area contributed by atoms with Gasteiger partial charge in [0, 0.05) is 23.5 Å². The van der Waals surface area contributed by atoms with E-state index in [2.05, 4.69) is 33.4 Å². The van der Waals surface area contributed by atoms with Gasteiger partial charge in [-0.3, -0.25) is 0 Å². The molecule has 1 aromatic rings. The highest BCUT2D eigenvalue weighted by Gasteiger charge is 2.24. The average Bonchev–Trinajstić information content (AvgIpc) is 2.43. The van der Waals surface area contributed by atoms with Crippen LogP contribution < -0.4 is 11.1 Å². The van der Waals surface area contributed by atoms with Crippen LogP contribution in [0.3, 0.4) is 0 Å². The van der Waals surface area contributed by atoms with E-state index in [0.717, 1.165) is 19.4 Å². The van der Waals surface area contributed by atoms with Crippen molar-refractivity contribution in [2.75, 3.05) is 0 Å². The standard InChI is InChI=1S/C9H13BrN2S/c10-9-2-1-8(13-9)5-12-7-3-6(11)4-7/h1-2,6-7,12H,3-5,11H2. The predicted molar refractivity (Wildman–Crippen MR) is 59.9 cm³/mol. The zero-order valence-electron chi connectivity index (χ0n) is 7.29. The first-order valence-corrected chi connectivity index (χ1v) is 6.08. The molecule has 4 heteroatoms. The van der Waals surface area contributed by atoms with E-state index in [0.29, 0.717) is 12.1 Å². The summed E-state index contributed by atoms with van der Waals surface area (Å²) in [7, 11) is 0. The fourth-order valence-electron chi connectivity index (χ4n) is 1.52. The molecule has 0 aromatic carbocycles. The molecular formula is C9H13BrN2S. The Kier molecular flexibility index (Phi) is 3.03. The Labute approximate surface area is 90.6 Å². The summed E-state index contributed by atoms with van der Waals surface area (Å²) in [6.07, 6.45) is 2.26. The molecule has 1 aliphatic rings. The highest BCUT2D eigenvalue weighted by Crippen LogP contribution is 2.23. The van der Waals surface area contributed by atoms with E-state index in [9.17, 15) is 0 Å². The summed E-state index contributed by atoms with van der Waals surface area (Å²) in [4.78, 5) is 1.38. The lowest BCUT2D eigenvalue weighted by Gasteiger charge is -2.33. The smallest absolute Gasteiger partial charge is 0.0701 e. The van der Waals surface area contributed by atoms with Crippen molar-refractivity contribution in [1.29, 1.82) is 0 Å². The lowest BCUT2D eigenvalue weighted by Crippen LogP contribution is -2.47. The minimum absolute atomic E-state index is 0.438. The van der Waals surface area contributed by atoms with E-state index in [-0.39, 0.29) is 0 Å². The third-order valence-electron chi connectivity index (χ3n) is 2.37. The summed E-state index contributed by atoms with van der Waals surface area (Å²) < 4.78 is 1.20. The van der Waals surface area contributed by atoms with Gasteiger partial charge in [-0.25, -0.2) is 0 Å². The highest BCUT2D eigenvalue weighted by atomic mass is 79.9. The molecule has 1 aliphatic carbocycles. The second kappa shape index (κ2) is 4.09. The third kappa shape index (κ3) is 2.53. The van der Waals surface area contributed by atoms with E-state index in [4.69, 9.17) is 5.73 Å². The van der Waals surface area contributed by atoms with Crippen LogP contribution in [0.1, 0.15) is 17.7 Å². The molecule has 1 saturated carbocycles. The molecule has 0 bridgehead atoms. The number of hydrogen-bond donors (Lipinski definition) is 2. The summed E-state index contributed by atoms with van der Waals surface area (Å²) in [5.41, 5.74) is 5.70. The Hall–Kier alpha value is 0.1000. The van der Waals surface area contributed by atoms with E-state index >= 15 is 0 Å². The molecule has 0 atom stereocenters. The molecule has 2 nitrogen and oxygen atoms in total. The Bertz CT molecular complexity index is 281. The molecule has 3 N–H and O–H groups in total.